The van der Waals surface area contributed by atoms with Crippen LogP contribution in [0.3, 0.4) is 0 Å². The molecule has 28 heavy (non-hydrogen) atoms. The summed E-state index contributed by atoms with van der Waals surface area (Å²) >= 11 is 0. The predicted octanol–water partition coefficient (Wildman–Crippen LogP) is 4.19. The van der Waals surface area contributed by atoms with Crippen LogP contribution < -0.4 is 0 Å². The van der Waals surface area contributed by atoms with Crippen molar-refractivity contribution in [1.29, 1.82) is 0 Å². The van der Waals surface area contributed by atoms with Gasteiger partial charge in [0.05, 0.1) is 33.0 Å². The zero-order valence-corrected chi connectivity index (χ0v) is 18.2. The number of ether oxygens (including phenoxy) is 5. The van der Waals surface area contributed by atoms with Gasteiger partial charge in [-0.25, -0.2) is 0 Å². The fraction of sp³-hybridized carbons (Fsp3) is 0.955. The third-order valence-electron chi connectivity index (χ3n) is 4.23. The minimum Gasteiger partial charge on any atom is -0.382 e. The maximum atomic E-state index is 10.1. The standard InChI is InChI=1S/C22H44O6/c1-2-24-14-10-7-11-17-27-20-22-28-21-19-26-16-9-6-4-3-5-8-15-25-18-12-13-23/h13H,2-12,14-22H2,1H3. The van der Waals surface area contributed by atoms with Crippen LogP contribution in [0.2, 0.25) is 0 Å². The molecule has 0 aromatic heterocycles. The lowest BCUT2D eigenvalue weighted by Gasteiger charge is -2.07. The number of unbranched alkanes of at least 4 members (excludes halogenated alkanes) is 7. The van der Waals surface area contributed by atoms with Crippen molar-refractivity contribution in [2.45, 2.75) is 71.1 Å². The fourth-order valence-electron chi connectivity index (χ4n) is 2.62. The Hall–Kier alpha value is -0.530. The molecule has 6 heteroatoms. The first-order chi connectivity index (χ1) is 13.9. The molecular weight excluding hydrogens is 360 g/mol. The highest BCUT2D eigenvalue weighted by Crippen LogP contribution is 2.05. The number of carbonyl (C=O) groups is 1. The first-order valence-corrected chi connectivity index (χ1v) is 11.2. The highest BCUT2D eigenvalue weighted by Gasteiger charge is 1.95. The second-order valence-corrected chi connectivity index (χ2v) is 6.78. The maximum absolute atomic E-state index is 10.1. The van der Waals surface area contributed by atoms with Gasteiger partial charge in [-0.05, 0) is 39.0 Å². The van der Waals surface area contributed by atoms with Crippen molar-refractivity contribution in [2.24, 2.45) is 0 Å². The Morgan fingerprint density at radius 1 is 0.464 bits per heavy atom. The van der Waals surface area contributed by atoms with E-state index in [2.05, 4.69) is 0 Å². The molecule has 0 radical (unpaired) electrons. The lowest BCUT2D eigenvalue weighted by molar-refractivity contribution is -0.108. The van der Waals surface area contributed by atoms with E-state index in [1.165, 1.54) is 25.7 Å². The molecule has 0 saturated carbocycles. The van der Waals surface area contributed by atoms with Gasteiger partial charge in [-0.3, -0.25) is 0 Å². The third-order valence-corrected chi connectivity index (χ3v) is 4.23. The smallest absolute Gasteiger partial charge is 0.122 e. The largest absolute Gasteiger partial charge is 0.382 e. The number of hydrogen-bond donors (Lipinski definition) is 0. The Labute approximate surface area is 172 Å². The molecule has 0 rings (SSSR count). The molecule has 0 heterocycles. The second-order valence-electron chi connectivity index (χ2n) is 6.78. The minimum absolute atomic E-state index is 0.509. The Balaban J connectivity index is 2.97. The molecule has 6 nitrogen and oxygen atoms in total. The third kappa shape index (κ3) is 25.5. The molecule has 0 aliphatic carbocycles. The number of hydrogen-bond acceptors (Lipinski definition) is 6. The normalized spacial score (nSPS) is 11.2. The molecule has 0 aromatic rings. The topological polar surface area (TPSA) is 63.2 Å². The van der Waals surface area contributed by atoms with Crippen LogP contribution in [-0.2, 0) is 28.5 Å². The molecule has 0 aliphatic rings. The molecular formula is C22H44O6. The molecule has 0 unspecified atom stereocenters. The van der Waals surface area contributed by atoms with Crippen LogP contribution in [0.15, 0.2) is 0 Å². The first-order valence-electron chi connectivity index (χ1n) is 11.2. The molecule has 0 fully saturated rings. The van der Waals surface area contributed by atoms with E-state index in [1.54, 1.807) is 0 Å². The maximum Gasteiger partial charge on any atom is 0.122 e. The van der Waals surface area contributed by atoms with Gasteiger partial charge in [0.25, 0.3) is 0 Å². The van der Waals surface area contributed by atoms with Gasteiger partial charge in [0, 0.05) is 39.5 Å². The first kappa shape index (κ1) is 27.5. The molecule has 0 aliphatic heterocycles. The summed E-state index contributed by atoms with van der Waals surface area (Å²) in [5.74, 6) is 0. The summed E-state index contributed by atoms with van der Waals surface area (Å²) in [5.41, 5.74) is 0. The van der Waals surface area contributed by atoms with E-state index in [1.807, 2.05) is 6.92 Å². The van der Waals surface area contributed by atoms with Gasteiger partial charge in [-0.1, -0.05) is 25.7 Å². The highest BCUT2D eigenvalue weighted by atomic mass is 16.5. The zero-order chi connectivity index (χ0) is 20.4. The van der Waals surface area contributed by atoms with Crippen molar-refractivity contribution in [2.75, 3.05) is 66.1 Å². The van der Waals surface area contributed by atoms with Gasteiger partial charge in [0.2, 0.25) is 0 Å². The van der Waals surface area contributed by atoms with E-state index in [0.717, 1.165) is 71.4 Å². The monoisotopic (exact) mass is 404 g/mol. The van der Waals surface area contributed by atoms with Crippen molar-refractivity contribution < 1.29 is 28.5 Å². The van der Waals surface area contributed by atoms with Gasteiger partial charge >= 0.3 is 0 Å². The highest BCUT2D eigenvalue weighted by molar-refractivity contribution is 5.49. The molecule has 0 amide bonds. The summed E-state index contributed by atoms with van der Waals surface area (Å²) < 4.78 is 27.3. The van der Waals surface area contributed by atoms with E-state index in [9.17, 15) is 4.79 Å². The van der Waals surface area contributed by atoms with Crippen LogP contribution in [0.1, 0.15) is 71.1 Å². The molecule has 0 saturated heterocycles. The van der Waals surface area contributed by atoms with Gasteiger partial charge in [-0.15, -0.1) is 0 Å². The lowest BCUT2D eigenvalue weighted by Crippen LogP contribution is -2.10. The lowest BCUT2D eigenvalue weighted by atomic mass is 10.1. The molecule has 168 valence electrons. The van der Waals surface area contributed by atoms with Crippen molar-refractivity contribution in [3.8, 4) is 0 Å². The van der Waals surface area contributed by atoms with Crippen LogP contribution in [0.25, 0.3) is 0 Å². The summed E-state index contributed by atoms with van der Waals surface area (Å²) in [4.78, 5) is 10.1. The van der Waals surface area contributed by atoms with Crippen molar-refractivity contribution >= 4 is 6.29 Å². The number of carbonyl (C=O) groups excluding carboxylic acids is 1. The van der Waals surface area contributed by atoms with Gasteiger partial charge < -0.3 is 28.5 Å². The number of aldehydes is 1. The average molecular weight is 405 g/mol. The van der Waals surface area contributed by atoms with Gasteiger partial charge in [0.1, 0.15) is 6.29 Å². The molecule has 0 bridgehead atoms. The SMILES string of the molecule is CCOCCCCCOCCOCCOCCCCCCCCOCCC=O. The van der Waals surface area contributed by atoms with E-state index < -0.39 is 0 Å². The van der Waals surface area contributed by atoms with Crippen LogP contribution in [0.5, 0.6) is 0 Å². The molecule has 0 aromatic carbocycles. The van der Waals surface area contributed by atoms with Crippen LogP contribution in [-0.4, -0.2) is 72.4 Å². The van der Waals surface area contributed by atoms with E-state index in [-0.39, 0.29) is 0 Å². The van der Waals surface area contributed by atoms with Crippen molar-refractivity contribution in [3.05, 3.63) is 0 Å². The Bertz CT molecular complexity index is 288. The van der Waals surface area contributed by atoms with Crippen molar-refractivity contribution in [1.82, 2.24) is 0 Å². The molecule has 0 spiro atoms. The summed E-state index contributed by atoms with van der Waals surface area (Å²) in [5, 5.41) is 0. The molecule has 0 atom stereocenters. The van der Waals surface area contributed by atoms with Crippen LogP contribution in [0, 0.1) is 0 Å². The second kappa shape index (κ2) is 26.5. The molecule has 0 N–H and O–H groups in total. The Morgan fingerprint density at radius 3 is 1.29 bits per heavy atom. The Morgan fingerprint density at radius 2 is 0.821 bits per heavy atom. The minimum atomic E-state index is 0.509. The Kier molecular flexibility index (Phi) is 26.0. The zero-order valence-electron chi connectivity index (χ0n) is 18.2. The quantitative estimate of drug-likeness (QED) is 0.168. The van der Waals surface area contributed by atoms with E-state index in [0.29, 0.717) is 39.5 Å². The summed E-state index contributed by atoms with van der Waals surface area (Å²) in [6.45, 7) is 9.25. The van der Waals surface area contributed by atoms with Crippen molar-refractivity contribution in [3.63, 3.8) is 0 Å². The predicted molar refractivity (Wildman–Crippen MR) is 112 cm³/mol. The average Bonchev–Trinajstić information content (AvgIpc) is 2.71. The fourth-order valence-corrected chi connectivity index (χ4v) is 2.62. The van der Waals surface area contributed by atoms with Gasteiger partial charge in [-0.2, -0.15) is 0 Å². The van der Waals surface area contributed by atoms with Crippen LogP contribution >= 0.6 is 0 Å². The van der Waals surface area contributed by atoms with E-state index >= 15 is 0 Å². The van der Waals surface area contributed by atoms with Crippen LogP contribution in [0.4, 0.5) is 0 Å². The summed E-state index contributed by atoms with van der Waals surface area (Å²) in [6, 6.07) is 0. The van der Waals surface area contributed by atoms with Gasteiger partial charge in [0.15, 0.2) is 0 Å². The van der Waals surface area contributed by atoms with E-state index in [4.69, 9.17) is 23.7 Å². The number of rotatable bonds is 25. The summed E-state index contributed by atoms with van der Waals surface area (Å²) in [6.07, 6.45) is 11.9. The summed E-state index contributed by atoms with van der Waals surface area (Å²) in [7, 11) is 0.